The van der Waals surface area contributed by atoms with Crippen LogP contribution in [0.15, 0.2) is 77.7 Å². The van der Waals surface area contributed by atoms with Gasteiger partial charge in [-0.05, 0) is 61.0 Å². The van der Waals surface area contributed by atoms with Crippen molar-refractivity contribution in [3.05, 3.63) is 89.7 Å². The highest BCUT2D eigenvalue weighted by molar-refractivity contribution is 7.92. The normalized spacial score (nSPS) is 11.2. The van der Waals surface area contributed by atoms with Gasteiger partial charge in [0.15, 0.2) is 0 Å². The number of hydrogen-bond acceptors (Lipinski definition) is 3. The number of hydrogen-bond donors (Lipinski definition) is 0. The average molecular weight is 385 g/mol. The Balaban J connectivity index is 2.03. The Morgan fingerprint density at radius 1 is 0.889 bits per heavy atom. The largest absolute Gasteiger partial charge is 0.497 e. The molecule has 0 aliphatic carbocycles. The molecular weight excluding hydrogens is 365 g/mol. The molecule has 140 valence electrons. The van der Waals surface area contributed by atoms with E-state index in [9.17, 15) is 12.8 Å². The summed E-state index contributed by atoms with van der Waals surface area (Å²) in [6.07, 6.45) is 0. The first kappa shape index (κ1) is 18.9. The number of sulfonamides is 1. The molecule has 3 rings (SSSR count). The molecule has 6 heteroatoms. The van der Waals surface area contributed by atoms with Gasteiger partial charge < -0.3 is 4.74 Å². The van der Waals surface area contributed by atoms with Crippen molar-refractivity contribution in [2.75, 3.05) is 11.4 Å². The lowest BCUT2D eigenvalue weighted by Crippen LogP contribution is -2.30. The van der Waals surface area contributed by atoms with Crippen LogP contribution in [0.5, 0.6) is 5.75 Å². The van der Waals surface area contributed by atoms with Crippen LogP contribution in [0.2, 0.25) is 0 Å². The number of methoxy groups -OCH3 is 1. The third kappa shape index (κ3) is 4.28. The standard InChI is InChI=1S/C21H20FNO3S/c1-16-3-5-17(6-4-16)15-23(19-9-7-18(22)8-10-19)27(24,25)21-13-11-20(26-2)12-14-21/h3-14H,15H2,1-2H3. The monoisotopic (exact) mass is 385 g/mol. The third-order valence-corrected chi connectivity index (χ3v) is 6.00. The van der Waals surface area contributed by atoms with Crippen LogP contribution >= 0.6 is 0 Å². The van der Waals surface area contributed by atoms with E-state index in [0.717, 1.165) is 11.1 Å². The van der Waals surface area contributed by atoms with E-state index in [4.69, 9.17) is 4.74 Å². The number of anilines is 1. The summed E-state index contributed by atoms with van der Waals surface area (Å²) in [6, 6.07) is 19.3. The first-order valence-corrected chi connectivity index (χ1v) is 9.82. The summed E-state index contributed by atoms with van der Waals surface area (Å²) >= 11 is 0. The topological polar surface area (TPSA) is 46.6 Å². The van der Waals surface area contributed by atoms with Crippen molar-refractivity contribution in [1.29, 1.82) is 0 Å². The van der Waals surface area contributed by atoms with Crippen LogP contribution in [0, 0.1) is 12.7 Å². The van der Waals surface area contributed by atoms with Crippen LogP contribution in [0.4, 0.5) is 10.1 Å². The van der Waals surface area contributed by atoms with Gasteiger partial charge in [-0.25, -0.2) is 12.8 Å². The molecule has 0 amide bonds. The number of ether oxygens (including phenoxy) is 1. The van der Waals surface area contributed by atoms with Gasteiger partial charge in [0.25, 0.3) is 10.0 Å². The zero-order valence-corrected chi connectivity index (χ0v) is 15.9. The van der Waals surface area contributed by atoms with Crippen molar-refractivity contribution in [3.63, 3.8) is 0 Å². The van der Waals surface area contributed by atoms with Crippen LogP contribution in [0.25, 0.3) is 0 Å². The predicted octanol–water partition coefficient (Wildman–Crippen LogP) is 4.54. The maximum atomic E-state index is 13.3. The fourth-order valence-corrected chi connectivity index (χ4v) is 4.11. The number of halogens is 1. The molecule has 0 N–H and O–H groups in total. The highest BCUT2D eigenvalue weighted by Crippen LogP contribution is 2.27. The minimum absolute atomic E-state index is 0.139. The van der Waals surface area contributed by atoms with Crippen molar-refractivity contribution < 1.29 is 17.5 Å². The Morgan fingerprint density at radius 3 is 2.04 bits per heavy atom. The summed E-state index contributed by atoms with van der Waals surface area (Å²) in [6.45, 7) is 2.11. The van der Waals surface area contributed by atoms with Gasteiger partial charge in [0.05, 0.1) is 24.2 Å². The molecule has 0 heterocycles. The van der Waals surface area contributed by atoms with E-state index >= 15 is 0 Å². The lowest BCUT2D eigenvalue weighted by Gasteiger charge is -2.25. The van der Waals surface area contributed by atoms with Crippen LogP contribution in [0.1, 0.15) is 11.1 Å². The molecule has 0 fully saturated rings. The summed E-state index contributed by atoms with van der Waals surface area (Å²) in [5.41, 5.74) is 2.32. The Bertz CT molecular complexity index is 999. The van der Waals surface area contributed by atoms with Gasteiger partial charge in [-0.3, -0.25) is 4.31 Å². The van der Waals surface area contributed by atoms with Gasteiger partial charge in [0.1, 0.15) is 11.6 Å². The molecule has 0 saturated carbocycles. The zero-order valence-electron chi connectivity index (χ0n) is 15.1. The van der Waals surface area contributed by atoms with E-state index in [-0.39, 0.29) is 11.4 Å². The van der Waals surface area contributed by atoms with Gasteiger partial charge in [-0.15, -0.1) is 0 Å². The molecule has 0 aliphatic rings. The minimum atomic E-state index is -3.84. The predicted molar refractivity (Wildman–Crippen MR) is 104 cm³/mol. The van der Waals surface area contributed by atoms with E-state index in [1.807, 2.05) is 31.2 Å². The molecule has 27 heavy (non-hydrogen) atoms. The summed E-state index contributed by atoms with van der Waals surface area (Å²) < 4.78 is 46.3. The highest BCUT2D eigenvalue weighted by atomic mass is 32.2. The van der Waals surface area contributed by atoms with Crippen LogP contribution < -0.4 is 9.04 Å². The highest BCUT2D eigenvalue weighted by Gasteiger charge is 2.25. The van der Waals surface area contributed by atoms with Crippen LogP contribution in [-0.2, 0) is 16.6 Å². The van der Waals surface area contributed by atoms with Crippen molar-refractivity contribution in [2.45, 2.75) is 18.4 Å². The summed E-state index contributed by atoms with van der Waals surface area (Å²) in [5.74, 6) is 0.150. The number of benzene rings is 3. The first-order chi connectivity index (χ1) is 12.9. The van der Waals surface area contributed by atoms with Crippen molar-refractivity contribution in [2.24, 2.45) is 0 Å². The molecule has 0 aliphatic heterocycles. The second-order valence-electron chi connectivity index (χ2n) is 6.15. The Kier molecular flexibility index (Phi) is 5.46. The molecule has 0 atom stereocenters. The van der Waals surface area contributed by atoms with Gasteiger partial charge in [-0.1, -0.05) is 29.8 Å². The molecule has 4 nitrogen and oxygen atoms in total. The van der Waals surface area contributed by atoms with Gasteiger partial charge in [-0.2, -0.15) is 0 Å². The minimum Gasteiger partial charge on any atom is -0.497 e. The molecule has 0 radical (unpaired) electrons. The van der Waals surface area contributed by atoms with Gasteiger partial charge in [0.2, 0.25) is 0 Å². The number of aryl methyl sites for hydroxylation is 1. The van der Waals surface area contributed by atoms with E-state index in [0.29, 0.717) is 11.4 Å². The van der Waals surface area contributed by atoms with Crippen LogP contribution in [-0.4, -0.2) is 15.5 Å². The molecule has 0 saturated heterocycles. The van der Waals surface area contributed by atoms with Gasteiger partial charge in [0, 0.05) is 0 Å². The number of nitrogens with zero attached hydrogens (tertiary/aromatic N) is 1. The van der Waals surface area contributed by atoms with E-state index in [2.05, 4.69) is 0 Å². The summed E-state index contributed by atoms with van der Waals surface area (Å²) in [7, 11) is -2.33. The van der Waals surface area contributed by atoms with Crippen LogP contribution in [0.3, 0.4) is 0 Å². The van der Waals surface area contributed by atoms with Crippen molar-refractivity contribution >= 4 is 15.7 Å². The second kappa shape index (κ2) is 7.80. The Labute approximate surface area is 158 Å². The van der Waals surface area contributed by atoms with E-state index in [1.54, 1.807) is 12.1 Å². The van der Waals surface area contributed by atoms with Gasteiger partial charge >= 0.3 is 0 Å². The molecule has 0 bridgehead atoms. The SMILES string of the molecule is COc1ccc(S(=O)(=O)N(Cc2ccc(C)cc2)c2ccc(F)cc2)cc1. The fourth-order valence-electron chi connectivity index (χ4n) is 2.66. The molecule has 0 spiro atoms. The quantitative estimate of drug-likeness (QED) is 0.626. The Morgan fingerprint density at radius 2 is 1.48 bits per heavy atom. The maximum Gasteiger partial charge on any atom is 0.264 e. The zero-order chi connectivity index (χ0) is 19.4. The van der Waals surface area contributed by atoms with E-state index in [1.165, 1.54) is 47.8 Å². The lowest BCUT2D eigenvalue weighted by molar-refractivity contribution is 0.414. The molecule has 3 aromatic rings. The summed E-state index contributed by atoms with van der Waals surface area (Å²) in [4.78, 5) is 0.139. The average Bonchev–Trinajstić information content (AvgIpc) is 2.68. The Hall–Kier alpha value is -2.86. The summed E-state index contributed by atoms with van der Waals surface area (Å²) in [5, 5.41) is 0. The van der Waals surface area contributed by atoms with E-state index < -0.39 is 15.8 Å². The maximum absolute atomic E-state index is 13.3. The second-order valence-corrected chi connectivity index (χ2v) is 8.01. The molecule has 0 unspecified atom stereocenters. The lowest BCUT2D eigenvalue weighted by atomic mass is 10.1. The molecule has 0 aromatic heterocycles. The molecule has 3 aromatic carbocycles. The molecular formula is C21H20FNO3S. The van der Waals surface area contributed by atoms with Crippen molar-refractivity contribution in [1.82, 2.24) is 0 Å². The third-order valence-electron chi connectivity index (χ3n) is 4.21. The first-order valence-electron chi connectivity index (χ1n) is 8.38. The smallest absolute Gasteiger partial charge is 0.264 e. The fraction of sp³-hybridized carbons (Fsp3) is 0.143. The van der Waals surface area contributed by atoms with Crippen molar-refractivity contribution in [3.8, 4) is 5.75 Å². The number of rotatable bonds is 6.